The van der Waals surface area contributed by atoms with Crippen LogP contribution in [-0.4, -0.2) is 40.2 Å². The van der Waals surface area contributed by atoms with E-state index in [2.05, 4.69) is 4.72 Å². The number of carbonyl (C=O) groups excluding carboxylic acids is 2. The van der Waals surface area contributed by atoms with Gasteiger partial charge < -0.3 is 14.2 Å². The SMILES string of the molecule is COc1ccccc1NS(=O)(=O)c1cc(C(=O)O[C@H]2CCOC2=O)ccc1F. The van der Waals surface area contributed by atoms with Gasteiger partial charge in [-0.15, -0.1) is 0 Å². The van der Waals surface area contributed by atoms with Crippen molar-refractivity contribution in [3.63, 3.8) is 0 Å². The van der Waals surface area contributed by atoms with Gasteiger partial charge in [0, 0.05) is 6.42 Å². The van der Waals surface area contributed by atoms with E-state index in [-0.39, 0.29) is 30.0 Å². The van der Waals surface area contributed by atoms with Gasteiger partial charge in [0.15, 0.2) is 0 Å². The van der Waals surface area contributed by atoms with Crippen LogP contribution in [0.25, 0.3) is 0 Å². The number of methoxy groups -OCH3 is 1. The summed E-state index contributed by atoms with van der Waals surface area (Å²) in [5, 5.41) is 0. The first kappa shape index (κ1) is 19.6. The Balaban J connectivity index is 1.87. The Hall–Kier alpha value is -3.14. The van der Waals surface area contributed by atoms with Gasteiger partial charge in [0.1, 0.15) is 16.5 Å². The molecule has 0 aromatic heterocycles. The number of sulfonamides is 1. The molecule has 8 nitrogen and oxygen atoms in total. The highest BCUT2D eigenvalue weighted by Crippen LogP contribution is 2.27. The van der Waals surface area contributed by atoms with Crippen LogP contribution in [0.2, 0.25) is 0 Å². The maximum Gasteiger partial charge on any atom is 0.347 e. The van der Waals surface area contributed by atoms with Crippen LogP contribution in [0.5, 0.6) is 5.75 Å². The van der Waals surface area contributed by atoms with Crippen LogP contribution in [0.4, 0.5) is 10.1 Å². The summed E-state index contributed by atoms with van der Waals surface area (Å²) in [5.74, 6) is -2.46. The minimum Gasteiger partial charge on any atom is -0.495 e. The molecule has 0 saturated carbocycles. The molecule has 0 spiro atoms. The molecule has 2 aromatic rings. The standard InChI is InChI=1S/C18H16FNO7S/c1-25-14-5-3-2-4-13(14)20-28(23,24)16-10-11(6-7-12(16)19)17(21)27-15-8-9-26-18(15)22/h2-7,10,15,20H,8-9H2,1H3/t15-/m0/s1. The van der Waals surface area contributed by atoms with Crippen LogP contribution < -0.4 is 9.46 Å². The Morgan fingerprint density at radius 2 is 2.00 bits per heavy atom. The topological polar surface area (TPSA) is 108 Å². The number of anilines is 1. The molecule has 3 rings (SSSR count). The monoisotopic (exact) mass is 409 g/mol. The lowest BCUT2D eigenvalue weighted by molar-refractivity contribution is -0.145. The fraction of sp³-hybridized carbons (Fsp3) is 0.222. The molecule has 0 unspecified atom stereocenters. The fourth-order valence-electron chi connectivity index (χ4n) is 2.55. The first-order valence-electron chi connectivity index (χ1n) is 8.15. The van der Waals surface area contributed by atoms with Gasteiger partial charge in [0.2, 0.25) is 6.10 Å². The minimum absolute atomic E-state index is 0.103. The van der Waals surface area contributed by atoms with E-state index >= 15 is 0 Å². The van der Waals surface area contributed by atoms with Gasteiger partial charge >= 0.3 is 11.9 Å². The van der Waals surface area contributed by atoms with Crippen molar-refractivity contribution in [1.29, 1.82) is 0 Å². The lowest BCUT2D eigenvalue weighted by atomic mass is 10.2. The molecule has 0 bridgehead atoms. The maximum atomic E-state index is 14.2. The average Bonchev–Trinajstić information content (AvgIpc) is 3.06. The van der Waals surface area contributed by atoms with E-state index in [1.165, 1.54) is 19.2 Å². The van der Waals surface area contributed by atoms with Gasteiger partial charge in [0.05, 0.1) is 25.0 Å². The van der Waals surface area contributed by atoms with Crippen LogP contribution in [0.1, 0.15) is 16.8 Å². The number of hydrogen-bond donors (Lipinski definition) is 1. The Kier molecular flexibility index (Phi) is 5.50. The molecule has 0 amide bonds. The number of hydrogen-bond acceptors (Lipinski definition) is 7. The number of carbonyl (C=O) groups is 2. The Labute approximate surface area is 160 Å². The summed E-state index contributed by atoms with van der Waals surface area (Å²) in [6.45, 7) is 0.128. The normalized spacial score (nSPS) is 16.4. The Morgan fingerprint density at radius 3 is 2.68 bits per heavy atom. The zero-order valence-corrected chi connectivity index (χ0v) is 15.5. The predicted molar refractivity (Wildman–Crippen MR) is 95.0 cm³/mol. The van der Waals surface area contributed by atoms with Gasteiger partial charge in [-0.2, -0.15) is 0 Å². The van der Waals surface area contributed by atoms with Gasteiger partial charge in [-0.3, -0.25) is 4.72 Å². The molecule has 0 aliphatic carbocycles. The van der Waals surface area contributed by atoms with E-state index in [0.29, 0.717) is 0 Å². The van der Waals surface area contributed by atoms with Crippen molar-refractivity contribution in [2.24, 2.45) is 0 Å². The molecule has 28 heavy (non-hydrogen) atoms. The summed E-state index contributed by atoms with van der Waals surface area (Å²) in [4.78, 5) is 22.9. The molecule has 1 aliphatic rings. The largest absolute Gasteiger partial charge is 0.495 e. The summed E-state index contributed by atoms with van der Waals surface area (Å²) in [5.41, 5.74) is -0.118. The van der Waals surface area contributed by atoms with E-state index in [1.807, 2.05) is 0 Å². The molecule has 2 aromatic carbocycles. The third-order valence-electron chi connectivity index (χ3n) is 3.94. The van der Waals surface area contributed by atoms with Crippen LogP contribution in [-0.2, 0) is 24.3 Å². The van der Waals surface area contributed by atoms with Gasteiger partial charge in [-0.05, 0) is 30.3 Å². The molecule has 1 aliphatic heterocycles. The molecule has 1 saturated heterocycles. The van der Waals surface area contributed by atoms with Crippen molar-refractivity contribution < 1.29 is 36.6 Å². The third-order valence-corrected chi connectivity index (χ3v) is 5.32. The van der Waals surface area contributed by atoms with E-state index in [4.69, 9.17) is 14.2 Å². The number of para-hydroxylation sites is 2. The zero-order chi connectivity index (χ0) is 20.3. The first-order valence-corrected chi connectivity index (χ1v) is 9.63. The number of benzene rings is 2. The molecule has 1 heterocycles. The summed E-state index contributed by atoms with van der Waals surface area (Å²) >= 11 is 0. The number of rotatable bonds is 6. The van der Waals surface area contributed by atoms with E-state index < -0.39 is 38.8 Å². The Bertz CT molecular complexity index is 1020. The highest BCUT2D eigenvalue weighted by molar-refractivity contribution is 7.92. The second kappa shape index (κ2) is 7.85. The third kappa shape index (κ3) is 4.06. The van der Waals surface area contributed by atoms with Crippen molar-refractivity contribution in [2.75, 3.05) is 18.4 Å². The van der Waals surface area contributed by atoms with Gasteiger partial charge in [-0.1, -0.05) is 12.1 Å². The molecule has 1 atom stereocenters. The highest BCUT2D eigenvalue weighted by Gasteiger charge is 2.31. The zero-order valence-electron chi connectivity index (χ0n) is 14.7. The van der Waals surface area contributed by atoms with Crippen molar-refractivity contribution in [3.05, 3.63) is 53.8 Å². The van der Waals surface area contributed by atoms with Crippen molar-refractivity contribution in [3.8, 4) is 5.75 Å². The Morgan fingerprint density at radius 1 is 1.25 bits per heavy atom. The van der Waals surface area contributed by atoms with Crippen LogP contribution in [0.3, 0.4) is 0 Å². The quantitative estimate of drug-likeness (QED) is 0.728. The van der Waals surface area contributed by atoms with E-state index in [0.717, 1.165) is 18.2 Å². The lowest BCUT2D eigenvalue weighted by Crippen LogP contribution is -2.23. The molecule has 0 radical (unpaired) electrons. The molecule has 1 fully saturated rings. The number of esters is 2. The summed E-state index contributed by atoms with van der Waals surface area (Å²) in [6.07, 6.45) is -0.865. The smallest absolute Gasteiger partial charge is 0.347 e. The van der Waals surface area contributed by atoms with Crippen LogP contribution in [0, 0.1) is 5.82 Å². The predicted octanol–water partition coefficient (Wildman–Crippen LogP) is 2.11. The van der Waals surface area contributed by atoms with E-state index in [9.17, 15) is 22.4 Å². The van der Waals surface area contributed by atoms with Gasteiger partial charge in [-0.25, -0.2) is 22.4 Å². The summed E-state index contributed by atoms with van der Waals surface area (Å²) in [6, 6.07) is 8.93. The maximum absolute atomic E-state index is 14.2. The second-order valence-corrected chi connectivity index (χ2v) is 7.45. The van der Waals surface area contributed by atoms with Crippen molar-refractivity contribution >= 4 is 27.6 Å². The molecule has 1 N–H and O–H groups in total. The highest BCUT2D eigenvalue weighted by atomic mass is 32.2. The fourth-order valence-corrected chi connectivity index (χ4v) is 3.72. The van der Waals surface area contributed by atoms with Crippen molar-refractivity contribution in [1.82, 2.24) is 0 Å². The first-order chi connectivity index (χ1) is 13.3. The molecular formula is C18H16FNO7S. The van der Waals surface area contributed by atoms with Crippen LogP contribution in [0.15, 0.2) is 47.4 Å². The summed E-state index contributed by atoms with van der Waals surface area (Å²) in [7, 11) is -3.02. The van der Waals surface area contributed by atoms with Crippen molar-refractivity contribution in [2.45, 2.75) is 17.4 Å². The summed E-state index contributed by atoms with van der Waals surface area (Å²) < 4.78 is 56.4. The van der Waals surface area contributed by atoms with E-state index in [1.54, 1.807) is 12.1 Å². The molecule has 148 valence electrons. The van der Waals surface area contributed by atoms with Crippen LogP contribution >= 0.6 is 0 Å². The van der Waals surface area contributed by atoms with Gasteiger partial charge in [0.25, 0.3) is 10.0 Å². The minimum atomic E-state index is -4.38. The average molecular weight is 409 g/mol. The molecule has 10 heteroatoms. The number of nitrogens with one attached hydrogen (secondary N) is 1. The second-order valence-electron chi connectivity index (χ2n) is 5.80. The lowest BCUT2D eigenvalue weighted by Gasteiger charge is -2.13. The molecular weight excluding hydrogens is 393 g/mol. The number of halogens is 1. The number of ether oxygens (including phenoxy) is 3. The number of cyclic esters (lactones) is 1.